The Labute approximate surface area is 193 Å². The Kier molecular flexibility index (Phi) is 7.72. The molecule has 0 radical (unpaired) electrons. The summed E-state index contributed by atoms with van der Waals surface area (Å²) in [5, 5.41) is 2.46. The van der Waals surface area contributed by atoms with Gasteiger partial charge in [-0.25, -0.2) is 0 Å². The van der Waals surface area contributed by atoms with E-state index < -0.39 is 0 Å². The van der Waals surface area contributed by atoms with Gasteiger partial charge in [-0.3, -0.25) is 9.69 Å². The van der Waals surface area contributed by atoms with Gasteiger partial charge in [-0.2, -0.15) is 0 Å². The molecule has 1 heterocycles. The second-order valence-corrected chi connectivity index (χ2v) is 10.0. The standard InChI is InChI=1S/C28H39NO3/c1-4-31-28(30)23-14-16-29(17-15-23)19-21-8-13-26-24(18-21)6-5-7-27(26)32-25-11-9-22(10-12-25)20(2)3/h5-8,13,18,20,22-23,25H,4,9-12,14-17,19H2,1-3H3/t22-,25+. The van der Waals surface area contributed by atoms with Crippen LogP contribution in [0.2, 0.25) is 0 Å². The van der Waals surface area contributed by atoms with E-state index in [0.717, 1.165) is 50.1 Å². The van der Waals surface area contributed by atoms with Gasteiger partial charge >= 0.3 is 5.97 Å². The molecule has 0 N–H and O–H groups in total. The summed E-state index contributed by atoms with van der Waals surface area (Å²) < 4.78 is 11.7. The second kappa shape index (κ2) is 10.7. The van der Waals surface area contributed by atoms with E-state index in [1.807, 2.05) is 6.92 Å². The number of fused-ring (bicyclic) bond motifs is 1. The zero-order valence-corrected chi connectivity index (χ0v) is 20.0. The third kappa shape index (κ3) is 5.64. The third-order valence-corrected chi connectivity index (χ3v) is 7.47. The van der Waals surface area contributed by atoms with Gasteiger partial charge in [0, 0.05) is 11.9 Å². The Morgan fingerprint density at radius 1 is 1.03 bits per heavy atom. The molecular weight excluding hydrogens is 398 g/mol. The minimum Gasteiger partial charge on any atom is -0.490 e. The molecule has 1 aliphatic carbocycles. The molecule has 4 rings (SSSR count). The Hall–Kier alpha value is -2.07. The minimum atomic E-state index is -0.0249. The number of hydrogen-bond acceptors (Lipinski definition) is 4. The first-order valence-corrected chi connectivity index (χ1v) is 12.6. The maximum absolute atomic E-state index is 12.0. The van der Waals surface area contributed by atoms with Gasteiger partial charge in [0.15, 0.2) is 0 Å². The molecule has 1 saturated carbocycles. The van der Waals surface area contributed by atoms with E-state index in [1.165, 1.54) is 42.0 Å². The highest BCUT2D eigenvalue weighted by Crippen LogP contribution is 2.34. The number of carbonyl (C=O) groups is 1. The van der Waals surface area contributed by atoms with Crippen LogP contribution in [0.4, 0.5) is 0 Å². The molecule has 2 aliphatic rings. The molecule has 0 atom stereocenters. The highest BCUT2D eigenvalue weighted by molar-refractivity contribution is 5.88. The number of nitrogens with zero attached hydrogens (tertiary/aromatic N) is 1. The highest BCUT2D eigenvalue weighted by atomic mass is 16.5. The molecule has 2 fully saturated rings. The Bertz CT molecular complexity index is 893. The Balaban J connectivity index is 1.36. The van der Waals surface area contributed by atoms with Crippen molar-refractivity contribution in [1.29, 1.82) is 0 Å². The molecule has 1 saturated heterocycles. The predicted molar refractivity (Wildman–Crippen MR) is 130 cm³/mol. The number of likely N-dealkylation sites (tertiary alicyclic amines) is 1. The van der Waals surface area contributed by atoms with Crippen molar-refractivity contribution in [2.75, 3.05) is 19.7 Å². The first kappa shape index (κ1) is 23.1. The Morgan fingerprint density at radius 2 is 1.78 bits per heavy atom. The number of esters is 1. The SMILES string of the molecule is CCOC(=O)C1CCN(Cc2ccc3c(O[C@H]4CC[C@@H](C(C)C)CC4)cccc3c2)CC1. The molecule has 4 heteroatoms. The number of rotatable bonds is 7. The van der Waals surface area contributed by atoms with E-state index in [0.29, 0.717) is 12.7 Å². The van der Waals surface area contributed by atoms with E-state index in [2.05, 4.69) is 55.1 Å². The number of piperidine rings is 1. The van der Waals surface area contributed by atoms with Crippen LogP contribution in [0.15, 0.2) is 36.4 Å². The molecule has 0 amide bonds. The smallest absolute Gasteiger partial charge is 0.309 e. The van der Waals surface area contributed by atoms with Crippen LogP contribution in [-0.4, -0.2) is 36.7 Å². The van der Waals surface area contributed by atoms with Crippen molar-refractivity contribution in [3.05, 3.63) is 42.0 Å². The summed E-state index contributed by atoms with van der Waals surface area (Å²) in [7, 11) is 0. The number of hydrogen-bond donors (Lipinski definition) is 0. The van der Waals surface area contributed by atoms with E-state index in [9.17, 15) is 4.79 Å². The lowest BCUT2D eigenvalue weighted by atomic mass is 9.80. The first-order valence-electron chi connectivity index (χ1n) is 12.6. The van der Waals surface area contributed by atoms with E-state index in [4.69, 9.17) is 9.47 Å². The van der Waals surface area contributed by atoms with Crippen LogP contribution in [0.3, 0.4) is 0 Å². The Morgan fingerprint density at radius 3 is 2.47 bits per heavy atom. The van der Waals surface area contributed by atoms with Crippen molar-refractivity contribution in [3.8, 4) is 5.75 Å². The first-order chi connectivity index (χ1) is 15.5. The van der Waals surface area contributed by atoms with Crippen molar-refractivity contribution in [1.82, 2.24) is 4.90 Å². The molecule has 2 aromatic rings. The molecule has 0 bridgehead atoms. The fourth-order valence-corrected chi connectivity index (χ4v) is 5.40. The largest absolute Gasteiger partial charge is 0.490 e. The van der Waals surface area contributed by atoms with Gasteiger partial charge in [0.2, 0.25) is 0 Å². The third-order valence-electron chi connectivity index (χ3n) is 7.47. The quantitative estimate of drug-likeness (QED) is 0.483. The predicted octanol–water partition coefficient (Wildman–Crippen LogP) is 6.21. The number of ether oxygens (including phenoxy) is 2. The molecule has 0 unspecified atom stereocenters. The summed E-state index contributed by atoms with van der Waals surface area (Å²) >= 11 is 0. The average Bonchev–Trinajstić information content (AvgIpc) is 2.80. The number of benzene rings is 2. The normalized spacial score (nSPS) is 22.9. The summed E-state index contributed by atoms with van der Waals surface area (Å²) in [5.41, 5.74) is 1.32. The van der Waals surface area contributed by atoms with Crippen LogP contribution < -0.4 is 4.74 Å². The van der Waals surface area contributed by atoms with Crippen molar-refractivity contribution in [2.24, 2.45) is 17.8 Å². The minimum absolute atomic E-state index is 0.0249. The second-order valence-electron chi connectivity index (χ2n) is 10.0. The van der Waals surface area contributed by atoms with Crippen LogP contribution >= 0.6 is 0 Å². The summed E-state index contributed by atoms with van der Waals surface area (Å²) in [6, 6.07) is 13.2. The summed E-state index contributed by atoms with van der Waals surface area (Å²) in [6.45, 7) is 9.86. The van der Waals surface area contributed by atoms with E-state index in [-0.39, 0.29) is 11.9 Å². The number of carbonyl (C=O) groups excluding carboxylic acids is 1. The molecule has 4 nitrogen and oxygen atoms in total. The zero-order chi connectivity index (χ0) is 22.5. The fourth-order valence-electron chi connectivity index (χ4n) is 5.40. The van der Waals surface area contributed by atoms with Gasteiger partial charge in [0.05, 0.1) is 18.6 Å². The van der Waals surface area contributed by atoms with Gasteiger partial charge in [-0.15, -0.1) is 0 Å². The van der Waals surface area contributed by atoms with Gasteiger partial charge in [-0.1, -0.05) is 38.1 Å². The van der Waals surface area contributed by atoms with Crippen LogP contribution in [-0.2, 0) is 16.1 Å². The maximum atomic E-state index is 12.0. The van der Waals surface area contributed by atoms with Crippen LogP contribution in [0.1, 0.15) is 64.9 Å². The lowest BCUT2D eigenvalue weighted by molar-refractivity contribution is -0.149. The topological polar surface area (TPSA) is 38.8 Å². The van der Waals surface area contributed by atoms with E-state index in [1.54, 1.807) is 0 Å². The van der Waals surface area contributed by atoms with Gasteiger partial charge in [0.1, 0.15) is 5.75 Å². The van der Waals surface area contributed by atoms with Gasteiger partial charge in [-0.05, 0) is 93.5 Å². The molecule has 0 aromatic heterocycles. The fraction of sp³-hybridized carbons (Fsp3) is 0.607. The van der Waals surface area contributed by atoms with Crippen molar-refractivity contribution in [3.63, 3.8) is 0 Å². The highest BCUT2D eigenvalue weighted by Gasteiger charge is 2.26. The van der Waals surface area contributed by atoms with Crippen LogP contribution in [0.5, 0.6) is 5.75 Å². The van der Waals surface area contributed by atoms with Crippen LogP contribution in [0, 0.1) is 17.8 Å². The molecule has 1 aliphatic heterocycles. The van der Waals surface area contributed by atoms with Crippen LogP contribution in [0.25, 0.3) is 10.8 Å². The zero-order valence-electron chi connectivity index (χ0n) is 20.0. The average molecular weight is 438 g/mol. The van der Waals surface area contributed by atoms with Crippen molar-refractivity contribution in [2.45, 2.75) is 71.9 Å². The molecule has 32 heavy (non-hydrogen) atoms. The lowest BCUT2D eigenvalue weighted by Gasteiger charge is -2.31. The van der Waals surface area contributed by atoms with Gasteiger partial charge < -0.3 is 9.47 Å². The molecule has 174 valence electrons. The summed E-state index contributed by atoms with van der Waals surface area (Å²) in [5.74, 6) is 2.70. The lowest BCUT2D eigenvalue weighted by Crippen LogP contribution is -2.36. The summed E-state index contributed by atoms with van der Waals surface area (Å²) in [4.78, 5) is 14.4. The molecule has 2 aromatic carbocycles. The van der Waals surface area contributed by atoms with E-state index >= 15 is 0 Å². The molecular formula is C28H39NO3. The molecule has 0 spiro atoms. The van der Waals surface area contributed by atoms with Crippen molar-refractivity contribution >= 4 is 16.7 Å². The summed E-state index contributed by atoms with van der Waals surface area (Å²) in [6.07, 6.45) is 7.02. The maximum Gasteiger partial charge on any atom is 0.309 e. The monoisotopic (exact) mass is 437 g/mol. The van der Waals surface area contributed by atoms with Gasteiger partial charge in [0.25, 0.3) is 0 Å². The van der Waals surface area contributed by atoms with Crippen molar-refractivity contribution < 1.29 is 14.3 Å².